The van der Waals surface area contributed by atoms with Crippen molar-refractivity contribution < 1.29 is 24.1 Å². The second-order valence-electron chi connectivity index (χ2n) is 9.12. The second-order valence-corrected chi connectivity index (χ2v) is 15.2. The summed E-state index contributed by atoms with van der Waals surface area (Å²) in [6.07, 6.45) is 8.52. The molecule has 1 fully saturated rings. The van der Waals surface area contributed by atoms with Crippen LogP contribution < -0.4 is 9.47 Å². The first-order chi connectivity index (χ1) is 16.2. The minimum atomic E-state index is -1.49. The first-order valence-corrected chi connectivity index (χ1v) is 16.5. The molecule has 0 amide bonds. The molecular formula is C27H40INO5. The van der Waals surface area contributed by atoms with Crippen LogP contribution in [0.25, 0.3) is 0 Å². The fourth-order valence-corrected chi connectivity index (χ4v) is 8.95. The van der Waals surface area contributed by atoms with Gasteiger partial charge in [-0.25, -0.2) is 0 Å². The number of ether oxygens (including phenoxy) is 4. The summed E-state index contributed by atoms with van der Waals surface area (Å²) in [7, 11) is 1.74. The van der Waals surface area contributed by atoms with Gasteiger partial charge in [0.25, 0.3) is 0 Å². The summed E-state index contributed by atoms with van der Waals surface area (Å²) < 4.78 is 23.2. The summed E-state index contributed by atoms with van der Waals surface area (Å²) in [6, 6.07) is 7.69. The van der Waals surface area contributed by atoms with Crippen LogP contribution in [0.15, 0.2) is 60.4 Å². The molecule has 3 unspecified atom stereocenters. The zero-order chi connectivity index (χ0) is 24.7. The first kappa shape index (κ1) is 27.0. The Morgan fingerprint density at radius 3 is 2.56 bits per heavy atom. The summed E-state index contributed by atoms with van der Waals surface area (Å²) in [5, 5.41) is 10.8. The van der Waals surface area contributed by atoms with Gasteiger partial charge in [0.1, 0.15) is 0 Å². The van der Waals surface area contributed by atoms with Crippen LogP contribution >= 0.6 is 19.8 Å². The standard InChI is InChI=1S/C27H40INO5/c1-7-32-20(2)27(3,4)34-25-14-12-24(13-15-25)33-17-16-22-19-29(26(30)28(22)5)18-21-8-10-23(31-6)11-9-21/h8-10,12-15,22-23,26,30H,2,7,11,16-19H2,1,3-6H3. The normalized spacial score (nSPS) is 24.1. The van der Waals surface area contributed by atoms with Crippen molar-refractivity contribution in [2.75, 3.05) is 38.3 Å². The predicted molar refractivity (Wildman–Crippen MR) is 146 cm³/mol. The van der Waals surface area contributed by atoms with Gasteiger partial charge in [-0.2, -0.15) is 0 Å². The summed E-state index contributed by atoms with van der Waals surface area (Å²) in [5.74, 6) is 2.18. The van der Waals surface area contributed by atoms with E-state index in [0.29, 0.717) is 22.9 Å². The third kappa shape index (κ3) is 7.23. The second kappa shape index (κ2) is 12.4. The first-order valence-electron chi connectivity index (χ1n) is 11.9. The topological polar surface area (TPSA) is 60.4 Å². The summed E-state index contributed by atoms with van der Waals surface area (Å²) >= 11 is -1.49. The maximum absolute atomic E-state index is 10.8. The van der Waals surface area contributed by atoms with Crippen molar-refractivity contribution in [3.8, 4) is 11.5 Å². The van der Waals surface area contributed by atoms with Crippen molar-refractivity contribution in [3.05, 3.63) is 60.4 Å². The number of aliphatic hydroxyl groups excluding tert-OH is 1. The summed E-state index contributed by atoms with van der Waals surface area (Å²) in [6.45, 7) is 12.7. The van der Waals surface area contributed by atoms with Crippen molar-refractivity contribution in [1.82, 2.24) is 4.90 Å². The molecule has 0 radical (unpaired) electrons. The molecule has 1 aromatic carbocycles. The Morgan fingerprint density at radius 2 is 1.94 bits per heavy atom. The number of aliphatic hydroxyl groups is 1. The predicted octanol–water partition coefficient (Wildman–Crippen LogP) is 5.16. The molecule has 0 spiro atoms. The number of hydrogen-bond donors (Lipinski definition) is 1. The van der Waals surface area contributed by atoms with Crippen molar-refractivity contribution in [3.63, 3.8) is 0 Å². The third-order valence-corrected chi connectivity index (χ3v) is 12.6. The van der Waals surface area contributed by atoms with Gasteiger partial charge in [-0.15, -0.1) is 0 Å². The van der Waals surface area contributed by atoms with Gasteiger partial charge in [0.15, 0.2) is 0 Å². The van der Waals surface area contributed by atoms with E-state index in [1.165, 1.54) is 5.57 Å². The van der Waals surface area contributed by atoms with Gasteiger partial charge in [-0.05, 0) is 6.92 Å². The molecule has 3 atom stereocenters. The molecule has 1 saturated heterocycles. The Balaban J connectivity index is 1.44. The van der Waals surface area contributed by atoms with Crippen LogP contribution in [0.3, 0.4) is 0 Å². The number of rotatable bonds is 12. The van der Waals surface area contributed by atoms with Crippen LogP contribution in [0.5, 0.6) is 11.5 Å². The van der Waals surface area contributed by atoms with E-state index in [4.69, 9.17) is 18.9 Å². The van der Waals surface area contributed by atoms with Gasteiger partial charge in [0, 0.05) is 0 Å². The molecule has 0 aromatic heterocycles. The van der Waals surface area contributed by atoms with Crippen LogP contribution in [0.1, 0.15) is 33.6 Å². The molecule has 1 aromatic rings. The Labute approximate surface area is 212 Å². The van der Waals surface area contributed by atoms with E-state index in [9.17, 15) is 5.11 Å². The molecule has 3 rings (SSSR count). The minimum absolute atomic E-state index is 0.174. The average molecular weight is 586 g/mol. The molecular weight excluding hydrogens is 545 g/mol. The van der Waals surface area contributed by atoms with E-state index >= 15 is 0 Å². The molecule has 0 bridgehead atoms. The quantitative estimate of drug-likeness (QED) is 0.158. The molecule has 1 aliphatic heterocycles. The van der Waals surface area contributed by atoms with Crippen molar-refractivity contribution in [1.29, 1.82) is 0 Å². The van der Waals surface area contributed by atoms with Gasteiger partial charge in [-0.3, -0.25) is 0 Å². The molecule has 1 N–H and O–H groups in total. The molecule has 190 valence electrons. The molecule has 7 heteroatoms. The summed E-state index contributed by atoms with van der Waals surface area (Å²) in [4.78, 5) is 4.53. The van der Waals surface area contributed by atoms with Gasteiger partial charge in [0.05, 0.1) is 6.61 Å². The van der Waals surface area contributed by atoms with E-state index in [1.807, 2.05) is 45.0 Å². The maximum atomic E-state index is 10.8. The molecule has 6 nitrogen and oxygen atoms in total. The van der Waals surface area contributed by atoms with Crippen molar-refractivity contribution in [2.24, 2.45) is 0 Å². The van der Waals surface area contributed by atoms with E-state index in [-0.39, 0.29) is 10.3 Å². The number of halogens is 1. The number of alkyl halides is 3. The van der Waals surface area contributed by atoms with Crippen LogP contribution in [0, 0.1) is 0 Å². The van der Waals surface area contributed by atoms with Gasteiger partial charge < -0.3 is 0 Å². The fraction of sp³-hybridized carbons (Fsp3) is 0.556. The Hall–Kier alpha value is -1.55. The van der Waals surface area contributed by atoms with Crippen molar-refractivity contribution >= 4 is 19.8 Å². The number of methoxy groups -OCH3 is 1. The SMILES string of the molecule is C=C(OCC)C(C)(C)Oc1ccc(OCCC2CN(CC3=CCC(OC)C=C3)C(O)I2C)cc1. The van der Waals surface area contributed by atoms with E-state index in [2.05, 4.69) is 34.6 Å². The van der Waals surface area contributed by atoms with Crippen molar-refractivity contribution in [2.45, 2.75) is 53.5 Å². The van der Waals surface area contributed by atoms with Gasteiger partial charge >= 0.3 is 199 Å². The van der Waals surface area contributed by atoms with Crippen LogP contribution in [0.4, 0.5) is 0 Å². The molecule has 0 saturated carbocycles. The zero-order valence-electron chi connectivity index (χ0n) is 21.1. The number of nitrogens with zero attached hydrogens (tertiary/aromatic N) is 1. The molecule has 1 heterocycles. The fourth-order valence-electron chi connectivity index (χ4n) is 4.01. The van der Waals surface area contributed by atoms with Gasteiger partial charge in [0.2, 0.25) is 0 Å². The molecule has 2 aliphatic rings. The number of hydrogen-bond acceptors (Lipinski definition) is 6. The zero-order valence-corrected chi connectivity index (χ0v) is 23.3. The monoisotopic (exact) mass is 585 g/mol. The molecule has 34 heavy (non-hydrogen) atoms. The Kier molecular flexibility index (Phi) is 9.88. The Morgan fingerprint density at radius 1 is 1.24 bits per heavy atom. The number of benzene rings is 1. The third-order valence-electron chi connectivity index (χ3n) is 6.24. The van der Waals surface area contributed by atoms with Crippen LogP contribution in [0.2, 0.25) is 0 Å². The summed E-state index contributed by atoms with van der Waals surface area (Å²) in [5.41, 5.74) is 0.660. The van der Waals surface area contributed by atoms with Crippen LogP contribution in [-0.2, 0) is 9.47 Å². The average Bonchev–Trinajstić information content (AvgIpc) is 3.08. The Bertz CT molecular complexity index is 866. The van der Waals surface area contributed by atoms with E-state index < -0.39 is 25.4 Å². The van der Waals surface area contributed by atoms with Gasteiger partial charge in [-0.1, -0.05) is 0 Å². The van der Waals surface area contributed by atoms with E-state index in [1.54, 1.807) is 7.11 Å². The van der Waals surface area contributed by atoms with E-state index in [0.717, 1.165) is 37.4 Å². The molecule has 1 aliphatic carbocycles. The van der Waals surface area contributed by atoms with Crippen LogP contribution in [-0.4, -0.2) is 68.2 Å².